The summed E-state index contributed by atoms with van der Waals surface area (Å²) in [5.41, 5.74) is 1.39. The van der Waals surface area contributed by atoms with Crippen molar-refractivity contribution in [1.82, 2.24) is 9.78 Å². The van der Waals surface area contributed by atoms with Gasteiger partial charge < -0.3 is 0 Å². The van der Waals surface area contributed by atoms with Crippen LogP contribution in [0.2, 0.25) is 0 Å². The Bertz CT molecular complexity index is 233. The van der Waals surface area contributed by atoms with Gasteiger partial charge in [-0.1, -0.05) is 0 Å². The molecule has 0 spiro atoms. The van der Waals surface area contributed by atoms with Gasteiger partial charge in [-0.2, -0.15) is 5.10 Å². The molecule has 1 atom stereocenters. The van der Waals surface area contributed by atoms with Crippen LogP contribution in [0.15, 0.2) is 12.4 Å². The zero-order valence-electron chi connectivity index (χ0n) is 8.58. The Morgan fingerprint density at radius 3 is 2.92 bits per heavy atom. The molecule has 13 heavy (non-hydrogen) atoms. The molecule has 0 aliphatic rings. The van der Waals surface area contributed by atoms with Gasteiger partial charge in [0.25, 0.3) is 0 Å². The fourth-order valence-electron chi connectivity index (χ4n) is 1.34. The van der Waals surface area contributed by atoms with Crippen LogP contribution < -0.4 is 0 Å². The molecular formula is C10H19N2P. The Labute approximate surface area is 82.5 Å². The van der Waals surface area contributed by atoms with Crippen molar-refractivity contribution >= 4 is 8.58 Å². The monoisotopic (exact) mass is 198 g/mol. The Hall–Kier alpha value is -0.360. The highest BCUT2D eigenvalue weighted by Gasteiger charge is 1.96. The lowest BCUT2D eigenvalue weighted by Gasteiger charge is -1.96. The molecule has 1 aromatic rings. The summed E-state index contributed by atoms with van der Waals surface area (Å²) in [5.74, 6) is 0. The number of rotatable bonds is 6. The molecule has 0 bridgehead atoms. The van der Waals surface area contributed by atoms with Gasteiger partial charge in [-0.3, -0.25) is 4.68 Å². The highest BCUT2D eigenvalue weighted by atomic mass is 31.1. The van der Waals surface area contributed by atoms with Crippen molar-refractivity contribution in [2.75, 3.05) is 12.8 Å². The Morgan fingerprint density at radius 1 is 1.46 bits per heavy atom. The molecule has 1 heterocycles. The number of unbranched alkanes of at least 4 members (excludes halogenated alkanes) is 1. The minimum Gasteiger partial charge on any atom is -0.273 e. The first-order chi connectivity index (χ1) is 6.36. The zero-order chi connectivity index (χ0) is 9.52. The number of aromatic nitrogens is 2. The van der Waals surface area contributed by atoms with E-state index in [-0.39, 0.29) is 0 Å². The lowest BCUT2D eigenvalue weighted by atomic mass is 10.2. The van der Waals surface area contributed by atoms with Gasteiger partial charge in [-0.25, -0.2) is 0 Å². The summed E-state index contributed by atoms with van der Waals surface area (Å²) in [7, 11) is 1.11. The predicted molar refractivity (Wildman–Crippen MR) is 59.9 cm³/mol. The first-order valence-electron chi connectivity index (χ1n) is 5.02. The van der Waals surface area contributed by atoms with E-state index in [9.17, 15) is 0 Å². The first kappa shape index (κ1) is 10.7. The third kappa shape index (κ3) is 3.91. The Kier molecular flexibility index (Phi) is 5.07. The Morgan fingerprint density at radius 2 is 2.31 bits per heavy atom. The Balaban J connectivity index is 2.20. The summed E-state index contributed by atoms with van der Waals surface area (Å²) in [6, 6.07) is 0. The van der Waals surface area contributed by atoms with Crippen LogP contribution in [0.4, 0.5) is 0 Å². The van der Waals surface area contributed by atoms with Gasteiger partial charge in [-0.15, -0.1) is 8.58 Å². The van der Waals surface area contributed by atoms with E-state index in [0.29, 0.717) is 0 Å². The molecule has 1 aromatic heterocycles. The van der Waals surface area contributed by atoms with Crippen molar-refractivity contribution in [2.24, 2.45) is 0 Å². The number of hydrogen-bond donors (Lipinski definition) is 0. The van der Waals surface area contributed by atoms with E-state index >= 15 is 0 Å². The van der Waals surface area contributed by atoms with Crippen molar-refractivity contribution in [1.29, 1.82) is 0 Å². The molecule has 0 saturated heterocycles. The highest BCUT2D eigenvalue weighted by Crippen LogP contribution is 2.09. The van der Waals surface area contributed by atoms with E-state index in [1.54, 1.807) is 0 Å². The van der Waals surface area contributed by atoms with E-state index in [0.717, 1.165) is 15.1 Å². The van der Waals surface area contributed by atoms with Gasteiger partial charge in [-0.05, 0) is 44.6 Å². The van der Waals surface area contributed by atoms with Crippen LogP contribution in [0, 0.1) is 0 Å². The molecular weight excluding hydrogens is 179 g/mol. The van der Waals surface area contributed by atoms with E-state index in [4.69, 9.17) is 0 Å². The SMILES string of the molecule is CCn1cc(CCCCPC)cn1. The summed E-state index contributed by atoms with van der Waals surface area (Å²) >= 11 is 0. The van der Waals surface area contributed by atoms with Crippen LogP contribution in [0.1, 0.15) is 25.3 Å². The average molecular weight is 198 g/mol. The van der Waals surface area contributed by atoms with Crippen LogP contribution in [-0.2, 0) is 13.0 Å². The number of nitrogens with zero attached hydrogens (tertiary/aromatic N) is 2. The molecule has 0 aliphatic heterocycles. The summed E-state index contributed by atoms with van der Waals surface area (Å²) < 4.78 is 2.00. The minimum absolute atomic E-state index is 0.982. The van der Waals surface area contributed by atoms with Gasteiger partial charge in [0.1, 0.15) is 0 Å². The smallest absolute Gasteiger partial charge is 0.0521 e. The second kappa shape index (κ2) is 6.15. The van der Waals surface area contributed by atoms with E-state index in [2.05, 4.69) is 24.9 Å². The van der Waals surface area contributed by atoms with E-state index < -0.39 is 0 Å². The zero-order valence-corrected chi connectivity index (χ0v) is 9.58. The third-order valence-corrected chi connectivity index (χ3v) is 3.01. The lowest BCUT2D eigenvalue weighted by Crippen LogP contribution is -1.92. The normalized spacial score (nSPS) is 11.5. The maximum atomic E-state index is 4.25. The summed E-state index contributed by atoms with van der Waals surface area (Å²) in [6.07, 6.45) is 9.43. The third-order valence-electron chi connectivity index (χ3n) is 2.15. The highest BCUT2D eigenvalue weighted by molar-refractivity contribution is 7.36. The van der Waals surface area contributed by atoms with Crippen LogP contribution >= 0.6 is 8.58 Å². The van der Waals surface area contributed by atoms with E-state index in [1.165, 1.54) is 31.0 Å². The largest absolute Gasteiger partial charge is 0.273 e. The van der Waals surface area contributed by atoms with Gasteiger partial charge in [0.15, 0.2) is 0 Å². The van der Waals surface area contributed by atoms with Gasteiger partial charge in [0.2, 0.25) is 0 Å². The maximum absolute atomic E-state index is 4.25. The van der Waals surface area contributed by atoms with Gasteiger partial charge >= 0.3 is 0 Å². The standard InChI is InChI=1S/C10H19N2P/c1-3-12-9-10(8-11-12)6-4-5-7-13-2/h8-9,13H,3-7H2,1-2H3. The topological polar surface area (TPSA) is 17.8 Å². The van der Waals surface area contributed by atoms with Crippen LogP contribution in [0.25, 0.3) is 0 Å². The molecule has 0 aromatic carbocycles. The number of aryl methyl sites for hydroxylation is 2. The summed E-state index contributed by atoms with van der Waals surface area (Å²) in [6.45, 7) is 5.38. The fourth-order valence-corrected chi connectivity index (χ4v) is 1.94. The molecule has 74 valence electrons. The van der Waals surface area contributed by atoms with Crippen LogP contribution in [0.5, 0.6) is 0 Å². The molecule has 3 heteroatoms. The van der Waals surface area contributed by atoms with Crippen molar-refractivity contribution in [2.45, 2.75) is 32.7 Å². The molecule has 1 rings (SSSR count). The molecule has 0 N–H and O–H groups in total. The van der Waals surface area contributed by atoms with Crippen molar-refractivity contribution in [3.05, 3.63) is 18.0 Å². The van der Waals surface area contributed by atoms with Gasteiger partial charge in [0, 0.05) is 12.7 Å². The molecule has 0 amide bonds. The van der Waals surface area contributed by atoms with Crippen molar-refractivity contribution in [3.8, 4) is 0 Å². The second-order valence-corrected chi connectivity index (χ2v) is 4.47. The molecule has 0 aliphatic carbocycles. The fraction of sp³-hybridized carbons (Fsp3) is 0.700. The number of hydrogen-bond acceptors (Lipinski definition) is 1. The molecule has 1 unspecified atom stereocenters. The molecule has 0 saturated carbocycles. The predicted octanol–water partition coefficient (Wildman–Crippen LogP) is 2.53. The van der Waals surface area contributed by atoms with Crippen LogP contribution in [-0.4, -0.2) is 22.6 Å². The van der Waals surface area contributed by atoms with Gasteiger partial charge in [0.05, 0.1) is 6.20 Å². The minimum atomic E-state index is 0.982. The van der Waals surface area contributed by atoms with Crippen LogP contribution in [0.3, 0.4) is 0 Å². The lowest BCUT2D eigenvalue weighted by molar-refractivity contribution is 0.658. The summed E-state index contributed by atoms with van der Waals surface area (Å²) in [5, 5.41) is 4.25. The van der Waals surface area contributed by atoms with Crippen molar-refractivity contribution < 1.29 is 0 Å². The average Bonchev–Trinajstić information content (AvgIpc) is 2.60. The molecule has 2 nitrogen and oxygen atoms in total. The summed E-state index contributed by atoms with van der Waals surface area (Å²) in [4.78, 5) is 0. The molecule has 0 fully saturated rings. The second-order valence-electron chi connectivity index (χ2n) is 3.26. The van der Waals surface area contributed by atoms with E-state index in [1.807, 2.05) is 10.9 Å². The quantitative estimate of drug-likeness (QED) is 0.507. The molecule has 0 radical (unpaired) electrons. The maximum Gasteiger partial charge on any atom is 0.0521 e. The van der Waals surface area contributed by atoms with Crippen molar-refractivity contribution in [3.63, 3.8) is 0 Å². The first-order valence-corrected chi connectivity index (χ1v) is 6.73.